The van der Waals surface area contributed by atoms with Gasteiger partial charge >= 0.3 is 12.1 Å². The summed E-state index contributed by atoms with van der Waals surface area (Å²) in [5.74, 6) is -4.07. The molecular formula is C12H19F3N2O2. The minimum Gasteiger partial charge on any atom is -0.481 e. The summed E-state index contributed by atoms with van der Waals surface area (Å²) in [7, 11) is 2.00. The Morgan fingerprint density at radius 1 is 1.32 bits per heavy atom. The van der Waals surface area contributed by atoms with Gasteiger partial charge in [0.2, 0.25) is 0 Å². The van der Waals surface area contributed by atoms with Gasteiger partial charge in [0, 0.05) is 25.2 Å². The highest BCUT2D eigenvalue weighted by atomic mass is 19.4. The summed E-state index contributed by atoms with van der Waals surface area (Å²) in [5, 5.41) is 8.74. The molecule has 0 aromatic rings. The van der Waals surface area contributed by atoms with Crippen LogP contribution in [0.1, 0.15) is 19.3 Å². The van der Waals surface area contributed by atoms with E-state index in [1.807, 2.05) is 7.05 Å². The van der Waals surface area contributed by atoms with Crippen LogP contribution >= 0.6 is 0 Å². The van der Waals surface area contributed by atoms with Crippen molar-refractivity contribution in [3.05, 3.63) is 0 Å². The maximum Gasteiger partial charge on any atom is 0.403 e. The Hall–Kier alpha value is -0.820. The molecule has 2 rings (SSSR count). The molecule has 2 bridgehead atoms. The molecule has 0 saturated carbocycles. The van der Waals surface area contributed by atoms with Gasteiger partial charge in [0.1, 0.15) is 0 Å². The van der Waals surface area contributed by atoms with E-state index in [1.165, 1.54) is 0 Å². The standard InChI is InChI=1S/C12H19F3N2O2/c1-16-8-2-3-9(16)6-17(5-4-8)7-10(11(18)19)12(13,14)15/h8-10H,2-7H2,1H3,(H,18,19). The second kappa shape index (κ2) is 5.28. The number of carboxylic acid groups (broad SMARTS) is 1. The van der Waals surface area contributed by atoms with Crippen LogP contribution in [0.5, 0.6) is 0 Å². The van der Waals surface area contributed by atoms with Crippen LogP contribution in [0.3, 0.4) is 0 Å². The maximum absolute atomic E-state index is 12.7. The SMILES string of the molecule is CN1C2CCC1CN(CC(C(=O)O)C(F)(F)F)CC2. The molecule has 3 atom stereocenters. The number of halogens is 3. The van der Waals surface area contributed by atoms with E-state index in [1.54, 1.807) is 4.90 Å². The fourth-order valence-electron chi connectivity index (χ4n) is 3.12. The van der Waals surface area contributed by atoms with E-state index in [9.17, 15) is 18.0 Å². The first-order chi connectivity index (χ1) is 8.79. The zero-order valence-corrected chi connectivity index (χ0v) is 10.9. The van der Waals surface area contributed by atoms with E-state index in [4.69, 9.17) is 5.11 Å². The van der Waals surface area contributed by atoms with Crippen molar-refractivity contribution in [2.45, 2.75) is 37.5 Å². The Balaban J connectivity index is 2.01. The predicted octanol–water partition coefficient (Wildman–Crippen LogP) is 1.42. The summed E-state index contributed by atoms with van der Waals surface area (Å²) in [5.41, 5.74) is 0. The van der Waals surface area contributed by atoms with Crippen LogP contribution in [0.2, 0.25) is 0 Å². The Labute approximate surface area is 110 Å². The molecule has 0 amide bonds. The molecule has 2 saturated heterocycles. The monoisotopic (exact) mass is 280 g/mol. The highest BCUT2D eigenvalue weighted by Gasteiger charge is 2.46. The summed E-state index contributed by atoms with van der Waals surface area (Å²) >= 11 is 0. The van der Waals surface area contributed by atoms with Gasteiger partial charge in [0.25, 0.3) is 0 Å². The van der Waals surface area contributed by atoms with Crippen molar-refractivity contribution >= 4 is 5.97 Å². The third-order valence-electron chi connectivity index (χ3n) is 4.37. The number of likely N-dealkylation sites (tertiary alicyclic amines) is 1. The van der Waals surface area contributed by atoms with Gasteiger partial charge in [-0.15, -0.1) is 0 Å². The molecule has 0 aliphatic carbocycles. The number of carboxylic acids is 1. The van der Waals surface area contributed by atoms with Crippen molar-refractivity contribution in [2.24, 2.45) is 5.92 Å². The van der Waals surface area contributed by atoms with E-state index in [-0.39, 0.29) is 6.04 Å². The average Bonchev–Trinajstić information content (AvgIpc) is 2.50. The zero-order chi connectivity index (χ0) is 14.2. The summed E-state index contributed by atoms with van der Waals surface area (Å²) in [4.78, 5) is 14.7. The van der Waals surface area contributed by atoms with Crippen LogP contribution in [0.4, 0.5) is 13.2 Å². The molecular weight excluding hydrogens is 261 g/mol. The third-order valence-corrected chi connectivity index (χ3v) is 4.37. The lowest BCUT2D eigenvalue weighted by Crippen LogP contribution is -2.44. The van der Waals surface area contributed by atoms with Crippen LogP contribution in [0.15, 0.2) is 0 Å². The van der Waals surface area contributed by atoms with Crippen molar-refractivity contribution in [3.8, 4) is 0 Å². The van der Waals surface area contributed by atoms with Crippen molar-refractivity contribution in [1.82, 2.24) is 9.80 Å². The first-order valence-corrected chi connectivity index (χ1v) is 6.53. The fourth-order valence-corrected chi connectivity index (χ4v) is 3.12. The van der Waals surface area contributed by atoms with Gasteiger partial charge in [-0.2, -0.15) is 13.2 Å². The molecule has 110 valence electrons. The number of likely N-dealkylation sites (N-methyl/N-ethyl adjacent to an activating group) is 1. The van der Waals surface area contributed by atoms with Gasteiger partial charge in [-0.1, -0.05) is 0 Å². The van der Waals surface area contributed by atoms with E-state index >= 15 is 0 Å². The number of hydrogen-bond acceptors (Lipinski definition) is 3. The third kappa shape index (κ3) is 3.20. The van der Waals surface area contributed by atoms with Gasteiger partial charge in [-0.05, 0) is 32.9 Å². The second-order valence-corrected chi connectivity index (χ2v) is 5.53. The molecule has 2 aliphatic rings. The van der Waals surface area contributed by atoms with Crippen LogP contribution in [0.25, 0.3) is 0 Å². The smallest absolute Gasteiger partial charge is 0.403 e. The van der Waals surface area contributed by atoms with Gasteiger partial charge in [-0.25, -0.2) is 0 Å². The van der Waals surface area contributed by atoms with E-state index < -0.39 is 24.6 Å². The number of alkyl halides is 3. The molecule has 2 fully saturated rings. The normalized spacial score (nSPS) is 31.2. The van der Waals surface area contributed by atoms with Gasteiger partial charge in [-0.3, -0.25) is 9.69 Å². The molecule has 19 heavy (non-hydrogen) atoms. The molecule has 4 nitrogen and oxygen atoms in total. The van der Waals surface area contributed by atoms with Crippen molar-refractivity contribution in [1.29, 1.82) is 0 Å². The molecule has 0 aromatic heterocycles. The van der Waals surface area contributed by atoms with Crippen LogP contribution < -0.4 is 0 Å². The minimum atomic E-state index is -4.68. The minimum absolute atomic E-state index is 0.259. The fraction of sp³-hybridized carbons (Fsp3) is 0.917. The second-order valence-electron chi connectivity index (χ2n) is 5.53. The number of fused-ring (bicyclic) bond motifs is 2. The summed E-state index contributed by atoms with van der Waals surface area (Å²) < 4.78 is 38.0. The molecule has 0 spiro atoms. The molecule has 0 radical (unpaired) electrons. The first-order valence-electron chi connectivity index (χ1n) is 6.53. The Morgan fingerprint density at radius 2 is 1.95 bits per heavy atom. The highest BCUT2D eigenvalue weighted by Crippen LogP contribution is 2.31. The van der Waals surface area contributed by atoms with Crippen molar-refractivity contribution in [3.63, 3.8) is 0 Å². The first kappa shape index (κ1) is 14.6. The number of carbonyl (C=O) groups is 1. The lowest BCUT2D eigenvalue weighted by Gasteiger charge is -2.28. The Morgan fingerprint density at radius 3 is 2.53 bits per heavy atom. The van der Waals surface area contributed by atoms with Crippen molar-refractivity contribution in [2.75, 3.05) is 26.7 Å². The van der Waals surface area contributed by atoms with E-state index in [0.717, 1.165) is 19.3 Å². The Bertz CT molecular complexity index is 348. The topological polar surface area (TPSA) is 43.8 Å². The molecule has 7 heteroatoms. The van der Waals surface area contributed by atoms with E-state index in [0.29, 0.717) is 19.1 Å². The number of hydrogen-bond donors (Lipinski definition) is 1. The maximum atomic E-state index is 12.7. The highest BCUT2D eigenvalue weighted by molar-refractivity contribution is 5.71. The lowest BCUT2D eigenvalue weighted by molar-refractivity contribution is -0.196. The number of aliphatic carboxylic acids is 1. The predicted molar refractivity (Wildman–Crippen MR) is 62.8 cm³/mol. The summed E-state index contributed by atoms with van der Waals surface area (Å²) in [6.45, 7) is 0.647. The number of nitrogens with zero attached hydrogens (tertiary/aromatic N) is 2. The van der Waals surface area contributed by atoms with Crippen LogP contribution in [-0.4, -0.2) is 65.8 Å². The molecule has 2 heterocycles. The Kier molecular flexibility index (Phi) is 4.06. The average molecular weight is 280 g/mol. The van der Waals surface area contributed by atoms with Gasteiger partial charge in [0.05, 0.1) is 0 Å². The molecule has 2 aliphatic heterocycles. The zero-order valence-electron chi connectivity index (χ0n) is 10.9. The molecule has 0 aromatic carbocycles. The molecule has 1 N–H and O–H groups in total. The van der Waals surface area contributed by atoms with Gasteiger partial charge < -0.3 is 10.0 Å². The number of rotatable bonds is 3. The van der Waals surface area contributed by atoms with Crippen LogP contribution in [-0.2, 0) is 4.79 Å². The quantitative estimate of drug-likeness (QED) is 0.849. The summed E-state index contributed by atoms with van der Waals surface area (Å²) in [6, 6.07) is 0.694. The van der Waals surface area contributed by atoms with Crippen molar-refractivity contribution < 1.29 is 23.1 Å². The van der Waals surface area contributed by atoms with Gasteiger partial charge in [0.15, 0.2) is 5.92 Å². The largest absolute Gasteiger partial charge is 0.481 e. The van der Waals surface area contributed by atoms with E-state index in [2.05, 4.69) is 4.90 Å². The summed E-state index contributed by atoms with van der Waals surface area (Å²) in [6.07, 6.45) is -1.78. The van der Waals surface area contributed by atoms with Crippen LogP contribution in [0, 0.1) is 5.92 Å². The molecule has 3 unspecified atom stereocenters. The lowest BCUT2D eigenvalue weighted by atomic mass is 10.1.